The summed E-state index contributed by atoms with van der Waals surface area (Å²) in [7, 11) is -0.507. The van der Waals surface area contributed by atoms with E-state index in [2.05, 4.69) is 15.9 Å². The minimum Gasteiger partial charge on any atom is -0.496 e. The van der Waals surface area contributed by atoms with Gasteiger partial charge < -0.3 is 4.74 Å². The number of hydrogen-bond acceptors (Lipinski definition) is 1. The maximum absolute atomic E-state index is 13.2. The van der Waals surface area contributed by atoms with Gasteiger partial charge in [0.05, 0.1) is 10.7 Å². The Bertz CT molecular complexity index is 480. The Morgan fingerprint density at radius 2 is 1.52 bits per heavy atom. The van der Waals surface area contributed by atoms with E-state index in [-0.39, 0.29) is 5.82 Å². The fourth-order valence-electron chi connectivity index (χ4n) is 4.27. The molecule has 4 heteroatoms. The van der Waals surface area contributed by atoms with Crippen LogP contribution in [0.4, 0.5) is 4.39 Å². The molecule has 2 aliphatic rings. The van der Waals surface area contributed by atoms with Crippen molar-refractivity contribution in [3.05, 3.63) is 28.5 Å². The molecule has 1 radical (unpaired) electrons. The van der Waals surface area contributed by atoms with Gasteiger partial charge >= 0.3 is 0 Å². The Balaban J connectivity index is 1.66. The van der Waals surface area contributed by atoms with Crippen molar-refractivity contribution < 1.29 is 9.13 Å². The number of ether oxygens (including phenoxy) is 1. The standard InChI is InChI=1S/C19H27BrFOSi/c20-18-13-15(21)11-12-19(18)22-14-23(16-7-3-1-4-8-16)17-9-5-2-6-10-17/h11-13,16-17H,1-10,14H2. The lowest BCUT2D eigenvalue weighted by atomic mass is 9.99. The lowest BCUT2D eigenvalue weighted by Crippen LogP contribution is -2.36. The van der Waals surface area contributed by atoms with Gasteiger partial charge in [0.2, 0.25) is 0 Å². The fraction of sp³-hybridized carbons (Fsp3) is 0.684. The second-order valence-corrected chi connectivity index (χ2v) is 11.0. The lowest BCUT2D eigenvalue weighted by molar-refractivity contribution is 0.359. The van der Waals surface area contributed by atoms with E-state index in [1.807, 2.05) is 0 Å². The summed E-state index contributed by atoms with van der Waals surface area (Å²) in [6.07, 6.45) is 15.0. The van der Waals surface area contributed by atoms with E-state index in [4.69, 9.17) is 4.74 Å². The van der Waals surface area contributed by atoms with Gasteiger partial charge in [0.1, 0.15) is 20.4 Å². The number of halogens is 2. The van der Waals surface area contributed by atoms with Gasteiger partial charge in [-0.3, -0.25) is 0 Å². The third-order valence-corrected chi connectivity index (χ3v) is 9.90. The quantitative estimate of drug-likeness (QED) is 0.503. The van der Waals surface area contributed by atoms with Crippen molar-refractivity contribution >= 4 is 24.7 Å². The Hall–Kier alpha value is -0.353. The molecule has 3 rings (SSSR count). The van der Waals surface area contributed by atoms with Gasteiger partial charge in [-0.15, -0.1) is 0 Å². The van der Waals surface area contributed by atoms with E-state index in [1.54, 1.807) is 6.07 Å². The Kier molecular flexibility index (Phi) is 6.58. The van der Waals surface area contributed by atoms with Crippen molar-refractivity contribution in [2.75, 3.05) is 6.23 Å². The highest BCUT2D eigenvalue weighted by Gasteiger charge is 2.33. The molecule has 2 fully saturated rings. The molecule has 1 nitrogen and oxygen atoms in total. The summed E-state index contributed by atoms with van der Waals surface area (Å²) in [5, 5.41) is 0. The zero-order valence-corrected chi connectivity index (χ0v) is 16.4. The number of rotatable bonds is 5. The van der Waals surface area contributed by atoms with Crippen LogP contribution < -0.4 is 4.74 Å². The van der Waals surface area contributed by atoms with Crippen LogP contribution in [0.1, 0.15) is 64.2 Å². The summed E-state index contributed by atoms with van der Waals surface area (Å²) < 4.78 is 20.2. The van der Waals surface area contributed by atoms with E-state index < -0.39 is 8.80 Å². The molecule has 1 aromatic carbocycles. The highest BCUT2D eigenvalue weighted by molar-refractivity contribution is 9.10. The van der Waals surface area contributed by atoms with Crippen LogP contribution in [0.5, 0.6) is 5.75 Å². The van der Waals surface area contributed by atoms with Gasteiger partial charge in [0.25, 0.3) is 0 Å². The first-order valence-corrected chi connectivity index (χ1v) is 11.8. The van der Waals surface area contributed by atoms with Crippen LogP contribution in [0, 0.1) is 5.82 Å². The first-order chi connectivity index (χ1) is 11.2. The Morgan fingerprint density at radius 3 is 2.04 bits per heavy atom. The van der Waals surface area contributed by atoms with E-state index in [0.717, 1.165) is 27.5 Å². The lowest BCUT2D eigenvalue weighted by Gasteiger charge is -2.36. The summed E-state index contributed by atoms with van der Waals surface area (Å²) in [5.41, 5.74) is 1.85. The molecular weight excluding hydrogens is 371 g/mol. The SMILES string of the molecule is Fc1ccc(OC[Si](C2CCCCC2)C2CCCCC2)c(Br)c1. The van der Waals surface area contributed by atoms with Crippen molar-refractivity contribution in [1.29, 1.82) is 0 Å². The second kappa shape index (κ2) is 8.66. The summed E-state index contributed by atoms with van der Waals surface area (Å²) in [5.74, 6) is 0.592. The predicted octanol–water partition coefficient (Wildman–Crippen LogP) is 6.67. The molecule has 2 saturated carbocycles. The van der Waals surface area contributed by atoms with E-state index in [9.17, 15) is 4.39 Å². The molecular formula is C19H27BrFOSi. The van der Waals surface area contributed by atoms with Crippen LogP contribution in [-0.4, -0.2) is 15.0 Å². The summed E-state index contributed by atoms with van der Waals surface area (Å²) in [6, 6.07) is 4.76. The topological polar surface area (TPSA) is 9.23 Å². The second-order valence-electron chi connectivity index (χ2n) is 7.11. The number of benzene rings is 1. The van der Waals surface area contributed by atoms with E-state index in [0.29, 0.717) is 0 Å². The molecule has 1 aromatic rings. The highest BCUT2D eigenvalue weighted by Crippen LogP contribution is 2.41. The molecule has 0 spiro atoms. The number of hydrogen-bond donors (Lipinski definition) is 0. The zero-order valence-electron chi connectivity index (χ0n) is 13.8. The van der Waals surface area contributed by atoms with Crippen LogP contribution in [0.3, 0.4) is 0 Å². The normalized spacial score (nSPS) is 20.8. The molecule has 0 bridgehead atoms. The molecule has 0 aliphatic heterocycles. The third kappa shape index (κ3) is 4.82. The smallest absolute Gasteiger partial charge is 0.133 e. The Labute approximate surface area is 149 Å². The van der Waals surface area contributed by atoms with E-state index in [1.165, 1.54) is 76.3 Å². The van der Waals surface area contributed by atoms with Crippen LogP contribution in [-0.2, 0) is 0 Å². The fourth-order valence-corrected chi connectivity index (χ4v) is 8.49. The Morgan fingerprint density at radius 1 is 0.957 bits per heavy atom. The van der Waals surface area contributed by atoms with Gasteiger partial charge in [0, 0.05) is 0 Å². The molecule has 2 aliphatic carbocycles. The minimum absolute atomic E-state index is 0.214. The molecule has 0 unspecified atom stereocenters. The molecule has 0 N–H and O–H groups in total. The monoisotopic (exact) mass is 397 g/mol. The highest BCUT2D eigenvalue weighted by atomic mass is 79.9. The molecule has 0 amide bonds. The van der Waals surface area contributed by atoms with Crippen LogP contribution >= 0.6 is 15.9 Å². The van der Waals surface area contributed by atoms with Crippen LogP contribution in [0.15, 0.2) is 22.7 Å². The molecule has 0 aromatic heterocycles. The van der Waals surface area contributed by atoms with Crippen LogP contribution in [0.2, 0.25) is 11.1 Å². The zero-order chi connectivity index (χ0) is 16.1. The van der Waals surface area contributed by atoms with Crippen molar-refractivity contribution in [2.45, 2.75) is 75.3 Å². The van der Waals surface area contributed by atoms with E-state index >= 15 is 0 Å². The summed E-state index contributed by atoms with van der Waals surface area (Å²) >= 11 is 3.44. The van der Waals surface area contributed by atoms with Crippen LogP contribution in [0.25, 0.3) is 0 Å². The largest absolute Gasteiger partial charge is 0.496 e. The molecule has 23 heavy (non-hydrogen) atoms. The van der Waals surface area contributed by atoms with Crippen molar-refractivity contribution in [3.8, 4) is 5.75 Å². The summed E-state index contributed by atoms with van der Waals surface area (Å²) in [4.78, 5) is 0. The first-order valence-electron chi connectivity index (χ1n) is 9.17. The van der Waals surface area contributed by atoms with Gasteiger partial charge in [0.15, 0.2) is 0 Å². The molecule has 127 valence electrons. The first kappa shape index (κ1) is 17.5. The third-order valence-electron chi connectivity index (χ3n) is 5.55. The van der Waals surface area contributed by atoms with Gasteiger partial charge in [-0.25, -0.2) is 4.39 Å². The maximum atomic E-state index is 13.2. The van der Waals surface area contributed by atoms with Gasteiger partial charge in [-0.2, -0.15) is 0 Å². The molecule has 0 atom stereocenters. The molecule has 0 saturated heterocycles. The average Bonchev–Trinajstić information content (AvgIpc) is 2.59. The average molecular weight is 398 g/mol. The van der Waals surface area contributed by atoms with Gasteiger partial charge in [-0.1, -0.05) is 64.2 Å². The minimum atomic E-state index is -0.507. The van der Waals surface area contributed by atoms with Crippen molar-refractivity contribution in [3.63, 3.8) is 0 Å². The van der Waals surface area contributed by atoms with Gasteiger partial charge in [-0.05, 0) is 45.2 Å². The summed E-state index contributed by atoms with van der Waals surface area (Å²) in [6.45, 7) is 0. The van der Waals surface area contributed by atoms with Crippen molar-refractivity contribution in [2.24, 2.45) is 0 Å². The maximum Gasteiger partial charge on any atom is 0.133 e. The predicted molar refractivity (Wildman–Crippen MR) is 99.0 cm³/mol. The molecule has 0 heterocycles. The van der Waals surface area contributed by atoms with Crippen molar-refractivity contribution in [1.82, 2.24) is 0 Å².